The summed E-state index contributed by atoms with van der Waals surface area (Å²) in [6.45, 7) is 2.63. The van der Waals surface area contributed by atoms with Crippen molar-refractivity contribution in [2.75, 3.05) is 33.4 Å². The maximum absolute atomic E-state index is 13.1. The molecule has 6 nitrogen and oxygen atoms in total. The van der Waals surface area contributed by atoms with Gasteiger partial charge in [0, 0.05) is 49.9 Å². The first-order chi connectivity index (χ1) is 15.1. The Kier molecular flexibility index (Phi) is 8.74. The third-order valence-corrected chi connectivity index (χ3v) is 5.80. The molecule has 1 fully saturated rings. The highest BCUT2D eigenvalue weighted by Gasteiger charge is 2.28. The second-order valence-corrected chi connectivity index (χ2v) is 7.99. The first-order valence-electron chi connectivity index (χ1n) is 10.6. The average molecular weight is 445 g/mol. The molecule has 2 aromatic carbocycles. The lowest BCUT2D eigenvalue weighted by Gasteiger charge is -2.31. The number of rotatable bonds is 9. The van der Waals surface area contributed by atoms with Gasteiger partial charge in [-0.25, -0.2) is 0 Å². The van der Waals surface area contributed by atoms with Crippen molar-refractivity contribution in [2.24, 2.45) is 5.92 Å². The van der Waals surface area contributed by atoms with Gasteiger partial charge < -0.3 is 19.7 Å². The number of hydrogen-bond acceptors (Lipinski definition) is 4. The summed E-state index contributed by atoms with van der Waals surface area (Å²) in [6, 6.07) is 14.7. The van der Waals surface area contributed by atoms with Gasteiger partial charge in [-0.1, -0.05) is 41.9 Å². The van der Waals surface area contributed by atoms with E-state index in [-0.39, 0.29) is 24.3 Å². The van der Waals surface area contributed by atoms with E-state index in [0.29, 0.717) is 55.4 Å². The SMILES string of the molecule is COCCCNC(=O)C1CCN(C(=O)c2ccccc2OCc2ccccc2Cl)CC1. The van der Waals surface area contributed by atoms with Crippen LogP contribution in [0.25, 0.3) is 0 Å². The largest absolute Gasteiger partial charge is 0.488 e. The van der Waals surface area contributed by atoms with Gasteiger partial charge in [-0.3, -0.25) is 9.59 Å². The highest BCUT2D eigenvalue weighted by Crippen LogP contribution is 2.25. The molecule has 0 radical (unpaired) electrons. The smallest absolute Gasteiger partial charge is 0.257 e. The number of ether oxygens (including phenoxy) is 2. The van der Waals surface area contributed by atoms with Gasteiger partial charge in [0.15, 0.2) is 0 Å². The molecule has 0 aromatic heterocycles. The van der Waals surface area contributed by atoms with E-state index in [1.165, 1.54) is 0 Å². The molecule has 2 aromatic rings. The molecule has 7 heteroatoms. The Bertz CT molecular complexity index is 881. The van der Waals surface area contributed by atoms with Crippen molar-refractivity contribution >= 4 is 23.4 Å². The number of amides is 2. The fraction of sp³-hybridized carbons (Fsp3) is 0.417. The highest BCUT2D eigenvalue weighted by molar-refractivity contribution is 6.31. The first kappa shape index (κ1) is 23.1. The van der Waals surface area contributed by atoms with E-state index < -0.39 is 0 Å². The van der Waals surface area contributed by atoms with Crippen LogP contribution in [0.15, 0.2) is 48.5 Å². The minimum atomic E-state index is -0.0753. The van der Waals surface area contributed by atoms with E-state index in [4.69, 9.17) is 21.1 Å². The molecule has 166 valence electrons. The second-order valence-electron chi connectivity index (χ2n) is 7.58. The summed E-state index contributed by atoms with van der Waals surface area (Å²) < 4.78 is 10.9. The van der Waals surface area contributed by atoms with Gasteiger partial charge in [0.1, 0.15) is 12.4 Å². The number of piperidine rings is 1. The van der Waals surface area contributed by atoms with E-state index in [1.807, 2.05) is 36.4 Å². The number of benzene rings is 2. The number of halogens is 1. The van der Waals surface area contributed by atoms with E-state index in [9.17, 15) is 9.59 Å². The van der Waals surface area contributed by atoms with Crippen molar-refractivity contribution < 1.29 is 19.1 Å². The number of hydrogen-bond donors (Lipinski definition) is 1. The van der Waals surface area contributed by atoms with E-state index >= 15 is 0 Å². The Morgan fingerprint density at radius 3 is 2.55 bits per heavy atom. The van der Waals surface area contributed by atoms with Crippen LogP contribution in [0.3, 0.4) is 0 Å². The van der Waals surface area contributed by atoms with Crippen molar-refractivity contribution in [3.05, 3.63) is 64.7 Å². The monoisotopic (exact) mass is 444 g/mol. The zero-order valence-electron chi connectivity index (χ0n) is 17.8. The van der Waals surface area contributed by atoms with Gasteiger partial charge in [-0.05, 0) is 37.5 Å². The molecule has 0 saturated carbocycles. The molecule has 1 aliphatic rings. The summed E-state index contributed by atoms with van der Waals surface area (Å²) in [4.78, 5) is 27.2. The predicted octanol–water partition coefficient (Wildman–Crippen LogP) is 3.92. The van der Waals surface area contributed by atoms with Crippen LogP contribution in [0.4, 0.5) is 0 Å². The molecular formula is C24H29ClN2O4. The normalized spacial score (nSPS) is 14.3. The number of methoxy groups -OCH3 is 1. The minimum Gasteiger partial charge on any atom is -0.488 e. The lowest BCUT2D eigenvalue weighted by atomic mass is 9.95. The van der Waals surface area contributed by atoms with Gasteiger partial charge in [-0.2, -0.15) is 0 Å². The zero-order valence-corrected chi connectivity index (χ0v) is 18.6. The predicted molar refractivity (Wildman–Crippen MR) is 120 cm³/mol. The molecule has 0 bridgehead atoms. The lowest BCUT2D eigenvalue weighted by Crippen LogP contribution is -2.43. The Hall–Kier alpha value is -2.57. The average Bonchev–Trinajstić information content (AvgIpc) is 2.81. The zero-order chi connectivity index (χ0) is 22.1. The van der Waals surface area contributed by atoms with E-state index in [0.717, 1.165) is 12.0 Å². The molecule has 0 unspecified atom stereocenters. The van der Waals surface area contributed by atoms with Crippen LogP contribution >= 0.6 is 11.6 Å². The number of carbonyl (C=O) groups excluding carboxylic acids is 2. The molecular weight excluding hydrogens is 416 g/mol. The Morgan fingerprint density at radius 2 is 1.81 bits per heavy atom. The summed E-state index contributed by atoms with van der Waals surface area (Å²) in [5.74, 6) is 0.462. The van der Waals surface area contributed by atoms with Crippen LogP contribution in [0.1, 0.15) is 35.2 Å². The Morgan fingerprint density at radius 1 is 1.10 bits per heavy atom. The van der Waals surface area contributed by atoms with Crippen LogP contribution in [-0.4, -0.2) is 50.1 Å². The van der Waals surface area contributed by atoms with Crippen LogP contribution in [0, 0.1) is 5.92 Å². The standard InChI is InChI=1S/C24H29ClN2O4/c1-30-16-6-13-26-23(28)18-11-14-27(15-12-18)24(29)20-8-3-5-10-22(20)31-17-19-7-2-4-9-21(19)25/h2-5,7-10,18H,6,11-17H2,1H3,(H,26,28). The highest BCUT2D eigenvalue weighted by atomic mass is 35.5. The van der Waals surface area contributed by atoms with E-state index in [1.54, 1.807) is 24.1 Å². The second kappa shape index (κ2) is 11.7. The molecule has 2 amide bonds. The number of para-hydroxylation sites is 1. The fourth-order valence-electron chi connectivity index (χ4n) is 3.63. The van der Waals surface area contributed by atoms with E-state index in [2.05, 4.69) is 5.32 Å². The maximum atomic E-state index is 13.1. The molecule has 31 heavy (non-hydrogen) atoms. The Labute approximate surface area is 188 Å². The Balaban J connectivity index is 1.55. The molecule has 0 atom stereocenters. The summed E-state index contributed by atoms with van der Waals surface area (Å²) in [5, 5.41) is 3.59. The third kappa shape index (κ3) is 6.45. The van der Waals surface area contributed by atoms with Crippen LogP contribution in [0.5, 0.6) is 5.75 Å². The fourth-order valence-corrected chi connectivity index (χ4v) is 3.82. The molecule has 1 aliphatic heterocycles. The quantitative estimate of drug-likeness (QED) is 0.595. The molecule has 3 rings (SSSR count). The van der Waals surface area contributed by atoms with Gasteiger partial charge in [0.2, 0.25) is 5.91 Å². The number of carbonyl (C=O) groups is 2. The molecule has 1 saturated heterocycles. The summed E-state index contributed by atoms with van der Waals surface area (Å²) in [7, 11) is 1.65. The summed E-state index contributed by atoms with van der Waals surface area (Å²) in [5.41, 5.74) is 1.39. The minimum absolute atomic E-state index is 0.0571. The van der Waals surface area contributed by atoms with Crippen LogP contribution < -0.4 is 10.1 Å². The first-order valence-corrected chi connectivity index (χ1v) is 11.0. The molecule has 1 N–H and O–H groups in total. The number of likely N-dealkylation sites (tertiary alicyclic amines) is 1. The van der Waals surface area contributed by atoms with Gasteiger partial charge >= 0.3 is 0 Å². The van der Waals surface area contributed by atoms with Crippen molar-refractivity contribution in [1.82, 2.24) is 10.2 Å². The number of nitrogens with zero attached hydrogens (tertiary/aromatic N) is 1. The van der Waals surface area contributed by atoms with Crippen molar-refractivity contribution in [2.45, 2.75) is 25.9 Å². The number of nitrogens with one attached hydrogen (secondary N) is 1. The van der Waals surface area contributed by atoms with Gasteiger partial charge in [0.05, 0.1) is 5.56 Å². The third-order valence-electron chi connectivity index (χ3n) is 5.44. The van der Waals surface area contributed by atoms with Crippen LogP contribution in [-0.2, 0) is 16.1 Å². The topological polar surface area (TPSA) is 67.9 Å². The van der Waals surface area contributed by atoms with Crippen molar-refractivity contribution in [3.63, 3.8) is 0 Å². The van der Waals surface area contributed by atoms with Gasteiger partial charge in [0.25, 0.3) is 5.91 Å². The summed E-state index contributed by atoms with van der Waals surface area (Å²) in [6.07, 6.45) is 2.11. The van der Waals surface area contributed by atoms with Crippen molar-refractivity contribution in [3.8, 4) is 5.75 Å². The molecule has 1 heterocycles. The maximum Gasteiger partial charge on any atom is 0.257 e. The lowest BCUT2D eigenvalue weighted by molar-refractivity contribution is -0.126. The summed E-state index contributed by atoms with van der Waals surface area (Å²) >= 11 is 6.21. The van der Waals surface area contributed by atoms with Gasteiger partial charge in [-0.15, -0.1) is 0 Å². The van der Waals surface area contributed by atoms with Crippen molar-refractivity contribution in [1.29, 1.82) is 0 Å². The molecule has 0 spiro atoms. The van der Waals surface area contributed by atoms with Crippen LogP contribution in [0.2, 0.25) is 5.02 Å². The molecule has 0 aliphatic carbocycles.